The molecule has 0 saturated heterocycles. The Bertz CT molecular complexity index is 1170. The highest BCUT2D eigenvalue weighted by Gasteiger charge is 2.33. The van der Waals surface area contributed by atoms with E-state index >= 15 is 0 Å². The van der Waals surface area contributed by atoms with E-state index in [2.05, 4.69) is 62.1 Å². The monoisotopic (exact) mass is 476 g/mol. The Hall–Kier alpha value is -2.54. The van der Waals surface area contributed by atoms with Crippen molar-refractivity contribution in [2.75, 3.05) is 0 Å². The number of aromatic amines is 1. The Morgan fingerprint density at radius 2 is 1.77 bits per heavy atom. The molecule has 2 aromatic heterocycles. The summed E-state index contributed by atoms with van der Waals surface area (Å²) in [6, 6.07) is 9.40. The van der Waals surface area contributed by atoms with Crippen LogP contribution in [0.2, 0.25) is 0 Å². The second-order valence-electron chi connectivity index (χ2n) is 10.6. The minimum Gasteiger partial charge on any atom is -0.322 e. The van der Waals surface area contributed by atoms with Crippen LogP contribution in [-0.2, 0) is 13.0 Å². The summed E-state index contributed by atoms with van der Waals surface area (Å²) in [6.07, 6.45) is 14.2. The highest BCUT2D eigenvalue weighted by Crippen LogP contribution is 2.35. The molecular formula is C28H40N6O. The average molecular weight is 477 g/mol. The van der Waals surface area contributed by atoms with Crippen LogP contribution in [0.5, 0.6) is 0 Å². The standard InChI is InChI=1S/C28H40N6O/c1-3-20-15-16-25-21(17-20)18-22(28(35)29-25)19-33(23-11-7-5-8-12-23)26(4-2)27-30-31-32-34(27)24-13-9-6-10-14-24/h15-18,23-24,26H,3-14,19H2,1-2H3,(H,29,35). The number of H-pyrrole nitrogens is 1. The first-order valence-corrected chi connectivity index (χ1v) is 13.9. The van der Waals surface area contributed by atoms with Crippen LogP contribution in [0, 0.1) is 0 Å². The smallest absolute Gasteiger partial charge is 0.252 e. The number of aryl methyl sites for hydroxylation is 1. The lowest BCUT2D eigenvalue weighted by molar-refractivity contribution is 0.0821. The number of benzene rings is 1. The van der Waals surface area contributed by atoms with Crippen LogP contribution in [0.3, 0.4) is 0 Å². The van der Waals surface area contributed by atoms with Crippen LogP contribution < -0.4 is 5.56 Å². The summed E-state index contributed by atoms with van der Waals surface area (Å²) in [4.78, 5) is 18.9. The predicted molar refractivity (Wildman–Crippen MR) is 139 cm³/mol. The number of tetrazole rings is 1. The van der Waals surface area contributed by atoms with Crippen molar-refractivity contribution >= 4 is 10.9 Å². The number of aromatic nitrogens is 5. The minimum absolute atomic E-state index is 0.0179. The SMILES string of the molecule is CCc1ccc2[nH]c(=O)c(CN(C3CCCCC3)C(CC)c3nnnn3C3CCCCC3)cc2c1. The van der Waals surface area contributed by atoms with Crippen molar-refractivity contribution < 1.29 is 0 Å². The van der Waals surface area contributed by atoms with Crippen molar-refractivity contribution in [3.8, 4) is 0 Å². The molecule has 188 valence electrons. The third-order valence-electron chi connectivity index (χ3n) is 8.31. The molecule has 2 saturated carbocycles. The van der Waals surface area contributed by atoms with Gasteiger partial charge in [0.15, 0.2) is 5.82 Å². The molecule has 7 heteroatoms. The number of hydrogen-bond acceptors (Lipinski definition) is 5. The fraction of sp³-hybridized carbons (Fsp3) is 0.643. The van der Waals surface area contributed by atoms with Gasteiger partial charge in [-0.05, 0) is 78.1 Å². The fourth-order valence-electron chi connectivity index (χ4n) is 6.31. The maximum Gasteiger partial charge on any atom is 0.252 e. The van der Waals surface area contributed by atoms with E-state index in [1.807, 2.05) is 6.07 Å². The number of fused-ring (bicyclic) bond motifs is 1. The molecule has 2 fully saturated rings. The van der Waals surface area contributed by atoms with Gasteiger partial charge in [0.25, 0.3) is 5.56 Å². The molecule has 0 bridgehead atoms. The van der Waals surface area contributed by atoms with Gasteiger partial charge in [-0.3, -0.25) is 9.69 Å². The van der Waals surface area contributed by atoms with E-state index in [4.69, 9.17) is 0 Å². The lowest BCUT2D eigenvalue weighted by Gasteiger charge is -2.39. The molecule has 1 unspecified atom stereocenters. The summed E-state index contributed by atoms with van der Waals surface area (Å²) >= 11 is 0. The second kappa shape index (κ2) is 11.0. The Labute approximate surface area is 208 Å². The van der Waals surface area contributed by atoms with E-state index in [0.29, 0.717) is 18.6 Å². The zero-order chi connectivity index (χ0) is 24.2. The lowest BCUT2D eigenvalue weighted by atomic mass is 9.91. The molecule has 35 heavy (non-hydrogen) atoms. The second-order valence-corrected chi connectivity index (χ2v) is 10.6. The lowest BCUT2D eigenvalue weighted by Crippen LogP contribution is -2.41. The molecule has 2 aliphatic rings. The van der Waals surface area contributed by atoms with Crippen LogP contribution in [-0.4, -0.2) is 36.1 Å². The molecule has 0 amide bonds. The maximum absolute atomic E-state index is 13.2. The van der Waals surface area contributed by atoms with Crippen LogP contribution in [0.1, 0.15) is 114 Å². The van der Waals surface area contributed by atoms with E-state index in [1.54, 1.807) is 0 Å². The maximum atomic E-state index is 13.2. The van der Waals surface area contributed by atoms with Crippen LogP contribution in [0.4, 0.5) is 0 Å². The first-order chi connectivity index (χ1) is 17.2. The highest BCUT2D eigenvalue weighted by molar-refractivity contribution is 5.79. The van der Waals surface area contributed by atoms with Gasteiger partial charge in [0.05, 0.1) is 12.1 Å². The summed E-state index contributed by atoms with van der Waals surface area (Å²) in [7, 11) is 0. The molecule has 3 aromatic rings. The van der Waals surface area contributed by atoms with Gasteiger partial charge in [-0.2, -0.15) is 0 Å². The normalized spacial score (nSPS) is 18.9. The zero-order valence-electron chi connectivity index (χ0n) is 21.4. The van der Waals surface area contributed by atoms with Gasteiger partial charge in [0.2, 0.25) is 0 Å². The highest BCUT2D eigenvalue weighted by atomic mass is 16.1. The number of hydrogen-bond donors (Lipinski definition) is 1. The molecule has 1 aromatic carbocycles. The molecule has 0 spiro atoms. The van der Waals surface area contributed by atoms with E-state index in [0.717, 1.165) is 48.0 Å². The third-order valence-corrected chi connectivity index (χ3v) is 8.31. The van der Waals surface area contributed by atoms with E-state index in [9.17, 15) is 4.79 Å². The molecule has 5 rings (SSSR count). The summed E-state index contributed by atoms with van der Waals surface area (Å²) in [5, 5.41) is 14.3. The molecule has 1 N–H and O–H groups in total. The first-order valence-electron chi connectivity index (χ1n) is 13.9. The van der Waals surface area contributed by atoms with Gasteiger partial charge >= 0.3 is 0 Å². The van der Waals surface area contributed by atoms with Gasteiger partial charge in [-0.15, -0.1) is 5.10 Å². The number of rotatable bonds is 8. The molecule has 2 heterocycles. The molecule has 0 radical (unpaired) electrons. The zero-order valence-corrected chi connectivity index (χ0v) is 21.4. The molecule has 2 aliphatic carbocycles. The van der Waals surface area contributed by atoms with Crippen molar-refractivity contribution in [2.45, 2.75) is 116 Å². The van der Waals surface area contributed by atoms with Gasteiger partial charge in [0.1, 0.15) is 0 Å². The van der Waals surface area contributed by atoms with E-state index < -0.39 is 0 Å². The molecule has 7 nitrogen and oxygen atoms in total. The van der Waals surface area contributed by atoms with Crippen molar-refractivity contribution in [3.63, 3.8) is 0 Å². The van der Waals surface area contributed by atoms with Gasteiger partial charge in [-0.25, -0.2) is 4.68 Å². The summed E-state index contributed by atoms with van der Waals surface area (Å²) in [6.45, 7) is 5.03. The summed E-state index contributed by atoms with van der Waals surface area (Å²) in [5.41, 5.74) is 3.06. The average Bonchev–Trinajstić information content (AvgIpc) is 3.39. The Morgan fingerprint density at radius 1 is 1.03 bits per heavy atom. The number of pyridine rings is 1. The topological polar surface area (TPSA) is 79.7 Å². The van der Waals surface area contributed by atoms with Crippen molar-refractivity contribution in [1.29, 1.82) is 0 Å². The summed E-state index contributed by atoms with van der Waals surface area (Å²) in [5.74, 6) is 0.982. The van der Waals surface area contributed by atoms with Gasteiger partial charge in [-0.1, -0.05) is 58.4 Å². The van der Waals surface area contributed by atoms with Crippen molar-refractivity contribution in [1.82, 2.24) is 30.1 Å². The van der Waals surface area contributed by atoms with Gasteiger partial charge in [0, 0.05) is 23.7 Å². The van der Waals surface area contributed by atoms with Crippen LogP contribution >= 0.6 is 0 Å². The molecule has 1 atom stereocenters. The number of nitrogens with one attached hydrogen (secondary N) is 1. The number of nitrogens with zero attached hydrogens (tertiary/aromatic N) is 5. The quantitative estimate of drug-likeness (QED) is 0.440. The first kappa shape index (κ1) is 24.2. The van der Waals surface area contributed by atoms with E-state index in [-0.39, 0.29) is 11.6 Å². The molecular weight excluding hydrogens is 436 g/mol. The summed E-state index contributed by atoms with van der Waals surface area (Å²) < 4.78 is 2.13. The Balaban J connectivity index is 1.51. The fourth-order valence-corrected chi connectivity index (χ4v) is 6.31. The minimum atomic E-state index is 0.0179. The largest absolute Gasteiger partial charge is 0.322 e. The van der Waals surface area contributed by atoms with Crippen LogP contribution in [0.25, 0.3) is 10.9 Å². The van der Waals surface area contributed by atoms with E-state index in [1.165, 1.54) is 56.9 Å². The Morgan fingerprint density at radius 3 is 2.49 bits per heavy atom. The van der Waals surface area contributed by atoms with Crippen LogP contribution in [0.15, 0.2) is 29.1 Å². The Kier molecular flexibility index (Phi) is 7.61. The van der Waals surface area contributed by atoms with Crippen molar-refractivity contribution in [2.24, 2.45) is 0 Å². The predicted octanol–water partition coefficient (Wildman–Crippen LogP) is 5.87. The van der Waals surface area contributed by atoms with Crippen molar-refractivity contribution in [3.05, 3.63) is 51.6 Å². The molecule has 0 aliphatic heterocycles. The van der Waals surface area contributed by atoms with Gasteiger partial charge < -0.3 is 4.98 Å². The third kappa shape index (κ3) is 5.20.